The van der Waals surface area contributed by atoms with E-state index in [2.05, 4.69) is 32.1 Å². The number of hydrogen-bond donors (Lipinski definition) is 2. The third-order valence-corrected chi connectivity index (χ3v) is 9.93. The number of aryl methyl sites for hydroxylation is 2. The molecule has 3 amide bonds. The third-order valence-electron chi connectivity index (χ3n) is 6.65. The molecule has 1 aliphatic rings. The Morgan fingerprint density at radius 2 is 1.34 bits per heavy atom. The summed E-state index contributed by atoms with van der Waals surface area (Å²) < 4.78 is 23.4. The van der Waals surface area contributed by atoms with Crippen molar-refractivity contribution < 1.29 is 18.0 Å². The van der Waals surface area contributed by atoms with Crippen molar-refractivity contribution in [3.05, 3.63) is 105 Å². The summed E-state index contributed by atoms with van der Waals surface area (Å²) >= 11 is 12.5. The van der Waals surface area contributed by atoms with Gasteiger partial charge in [0.25, 0.3) is 26.1 Å². The SMILES string of the molecule is CC1(C)C(=O)N(Cl)C(=O)N1Cl.Cc1nc2ccc(S(=O)(=O)Cl)cc2c(=O)[nH]1.Cc1nc2ccc(SCc3ccccc3)cc2c(=O)[nH]1. The lowest BCUT2D eigenvalue weighted by Crippen LogP contribution is -2.38. The van der Waals surface area contributed by atoms with E-state index in [1.807, 2.05) is 36.4 Å². The van der Waals surface area contributed by atoms with Gasteiger partial charge in [-0.05, 0) is 69.7 Å². The van der Waals surface area contributed by atoms with Crippen molar-refractivity contribution in [3.8, 4) is 0 Å². The molecule has 6 rings (SSSR count). The summed E-state index contributed by atoms with van der Waals surface area (Å²) in [6, 6.07) is 19.4. The number of nitrogens with one attached hydrogen (secondary N) is 2. The molecule has 3 heterocycles. The van der Waals surface area contributed by atoms with E-state index in [1.165, 1.54) is 37.6 Å². The van der Waals surface area contributed by atoms with Gasteiger partial charge in [0.05, 0.1) is 26.7 Å². The first-order valence-electron chi connectivity index (χ1n) is 13.6. The minimum atomic E-state index is -3.83. The topological polar surface area (TPSA) is 166 Å². The Hall–Kier alpha value is -3.95. The quantitative estimate of drug-likeness (QED) is 0.0971. The van der Waals surface area contributed by atoms with Crippen molar-refractivity contribution in [2.24, 2.45) is 0 Å². The van der Waals surface area contributed by atoms with Crippen LogP contribution in [-0.2, 0) is 19.6 Å². The van der Waals surface area contributed by atoms with Gasteiger partial charge >= 0.3 is 6.03 Å². The standard InChI is InChI=1S/C16H14N2OS.C9H7ClN2O3S.C5H6Cl2N2O2/c1-11-17-15-8-7-13(9-14(15)16(19)18-11)20-10-12-5-3-2-4-6-12;1-5-11-8-3-2-6(16(10,14)15)4-7(8)9(13)12-5;1-5(2)3(10)8(6)4(11)9(5)7/h2-9H,10H2,1H3,(H,17,18,19);2-4H,1H3,(H,11,12,13);1-2H3. The van der Waals surface area contributed by atoms with Crippen LogP contribution in [0.2, 0.25) is 0 Å². The molecule has 1 saturated heterocycles. The molecule has 0 unspecified atom stereocenters. The van der Waals surface area contributed by atoms with Crippen LogP contribution in [0.5, 0.6) is 0 Å². The zero-order valence-electron chi connectivity index (χ0n) is 25.2. The van der Waals surface area contributed by atoms with Gasteiger partial charge in [0.15, 0.2) is 0 Å². The van der Waals surface area contributed by atoms with Gasteiger partial charge in [0.2, 0.25) is 0 Å². The molecule has 0 atom stereocenters. The van der Waals surface area contributed by atoms with E-state index in [4.69, 9.17) is 34.2 Å². The van der Waals surface area contributed by atoms with E-state index >= 15 is 0 Å². The van der Waals surface area contributed by atoms with E-state index < -0.39 is 26.5 Å². The van der Waals surface area contributed by atoms with Gasteiger partial charge in [-0.2, -0.15) is 4.42 Å². The maximum absolute atomic E-state index is 11.9. The summed E-state index contributed by atoms with van der Waals surface area (Å²) in [6.45, 7) is 6.47. The number of benzene rings is 3. The highest BCUT2D eigenvalue weighted by Crippen LogP contribution is 2.30. The zero-order chi connectivity index (χ0) is 34.7. The lowest BCUT2D eigenvalue weighted by molar-refractivity contribution is -0.127. The number of halogens is 3. The Kier molecular flexibility index (Phi) is 11.0. The minimum absolute atomic E-state index is 0.0744. The number of urea groups is 1. The number of rotatable bonds is 4. The molecule has 47 heavy (non-hydrogen) atoms. The summed E-state index contributed by atoms with van der Waals surface area (Å²) in [6.07, 6.45) is 0. The Morgan fingerprint density at radius 3 is 1.81 bits per heavy atom. The Bertz CT molecular complexity index is 2210. The number of H-pyrrole nitrogens is 2. The molecule has 12 nitrogen and oxygen atoms in total. The average Bonchev–Trinajstić information content (AvgIpc) is 3.15. The van der Waals surface area contributed by atoms with Crippen LogP contribution in [0.3, 0.4) is 0 Å². The molecule has 1 fully saturated rings. The van der Waals surface area contributed by atoms with Crippen LogP contribution in [0.4, 0.5) is 4.79 Å². The Morgan fingerprint density at radius 1 is 0.809 bits per heavy atom. The first-order valence-corrected chi connectivity index (χ1v) is 17.6. The average molecular weight is 738 g/mol. The van der Waals surface area contributed by atoms with Gasteiger partial charge in [-0.25, -0.2) is 27.6 Å². The number of hydrogen-bond acceptors (Lipinski definition) is 9. The number of carbonyl (C=O) groups is 2. The Balaban J connectivity index is 0.000000167. The number of imide groups is 1. The van der Waals surface area contributed by atoms with Crippen LogP contribution in [0.1, 0.15) is 31.1 Å². The maximum atomic E-state index is 11.9. The number of amides is 3. The van der Waals surface area contributed by atoms with E-state index in [9.17, 15) is 27.6 Å². The van der Waals surface area contributed by atoms with Crippen LogP contribution >= 0.6 is 46.0 Å². The molecule has 0 bridgehead atoms. The van der Waals surface area contributed by atoms with Crippen molar-refractivity contribution in [3.63, 3.8) is 0 Å². The van der Waals surface area contributed by atoms with Crippen molar-refractivity contribution in [2.45, 2.75) is 48.8 Å². The predicted molar refractivity (Wildman–Crippen MR) is 183 cm³/mol. The van der Waals surface area contributed by atoms with Crippen molar-refractivity contribution in [2.75, 3.05) is 0 Å². The molecule has 0 saturated carbocycles. The lowest BCUT2D eigenvalue weighted by atomic mass is 10.1. The summed E-state index contributed by atoms with van der Waals surface area (Å²) in [5, 5.41) is 0.848. The second kappa shape index (κ2) is 14.4. The van der Waals surface area contributed by atoms with Gasteiger partial charge in [-0.1, -0.05) is 30.3 Å². The van der Waals surface area contributed by atoms with Crippen molar-refractivity contribution in [1.29, 1.82) is 0 Å². The lowest BCUT2D eigenvalue weighted by Gasteiger charge is -2.18. The van der Waals surface area contributed by atoms with Crippen LogP contribution in [0.25, 0.3) is 21.8 Å². The van der Waals surface area contributed by atoms with Gasteiger partial charge in [0, 0.05) is 44.9 Å². The normalized spacial score (nSPS) is 14.1. The third kappa shape index (κ3) is 8.51. The number of aromatic amines is 2. The van der Waals surface area contributed by atoms with E-state index in [-0.39, 0.29) is 21.4 Å². The van der Waals surface area contributed by atoms with E-state index in [0.717, 1.165) is 20.6 Å². The monoisotopic (exact) mass is 736 g/mol. The second-order valence-corrected chi connectivity index (χ2v) is 14.9. The highest BCUT2D eigenvalue weighted by Gasteiger charge is 2.51. The first-order chi connectivity index (χ1) is 22.0. The van der Waals surface area contributed by atoms with E-state index in [0.29, 0.717) is 27.0 Å². The predicted octanol–water partition coefficient (Wildman–Crippen LogP) is 6.02. The van der Waals surface area contributed by atoms with Gasteiger partial charge in [-0.15, -0.1) is 11.8 Å². The second-order valence-electron chi connectivity index (χ2n) is 10.6. The van der Waals surface area contributed by atoms with Crippen LogP contribution in [0.15, 0.2) is 86.1 Å². The summed E-state index contributed by atoms with van der Waals surface area (Å²) in [5.74, 6) is 1.49. The zero-order valence-corrected chi connectivity index (χ0v) is 29.1. The summed E-state index contributed by atoms with van der Waals surface area (Å²) in [7, 11) is 1.35. The fourth-order valence-corrected chi connectivity index (χ4v) is 6.32. The number of thioether (sulfide) groups is 1. The highest BCUT2D eigenvalue weighted by molar-refractivity contribution is 8.13. The smallest absolute Gasteiger partial charge is 0.310 e. The van der Waals surface area contributed by atoms with Gasteiger partial charge in [0.1, 0.15) is 17.2 Å². The van der Waals surface area contributed by atoms with Crippen molar-refractivity contribution in [1.82, 2.24) is 28.8 Å². The molecule has 0 radical (unpaired) electrons. The minimum Gasteiger partial charge on any atom is -0.310 e. The van der Waals surface area contributed by atoms with Crippen LogP contribution in [-0.4, -0.2) is 54.7 Å². The number of fused-ring (bicyclic) bond motifs is 2. The molecule has 3 aromatic carbocycles. The first kappa shape index (κ1) is 35.9. The highest BCUT2D eigenvalue weighted by atomic mass is 35.7. The number of nitrogens with zero attached hydrogens (tertiary/aromatic N) is 4. The molecule has 246 valence electrons. The molecule has 5 aromatic rings. The molecule has 0 spiro atoms. The van der Waals surface area contributed by atoms with E-state index in [1.54, 1.807) is 25.6 Å². The summed E-state index contributed by atoms with van der Waals surface area (Å²) in [5.41, 5.74) is 0.953. The molecule has 17 heteroatoms. The molecule has 2 N–H and O–H groups in total. The van der Waals surface area contributed by atoms with Gasteiger partial charge < -0.3 is 9.97 Å². The summed E-state index contributed by atoms with van der Waals surface area (Å²) in [4.78, 5) is 60.1. The molecule has 0 aliphatic carbocycles. The van der Waals surface area contributed by atoms with Crippen molar-refractivity contribution >= 4 is 88.8 Å². The fourth-order valence-electron chi connectivity index (χ4n) is 4.18. The maximum Gasteiger partial charge on any atom is 0.357 e. The number of aromatic nitrogens is 4. The number of carbonyl (C=O) groups excluding carboxylic acids is 2. The molecule has 1 aliphatic heterocycles. The van der Waals surface area contributed by atoms with Crippen LogP contribution < -0.4 is 11.1 Å². The largest absolute Gasteiger partial charge is 0.357 e. The van der Waals surface area contributed by atoms with Gasteiger partial charge in [-0.3, -0.25) is 14.4 Å². The molecular formula is C30H27Cl3N6O6S2. The van der Waals surface area contributed by atoms with Crippen LogP contribution in [0, 0.1) is 13.8 Å². The fraction of sp³-hybridized carbons (Fsp3) is 0.200. The Labute approximate surface area is 287 Å². The molecular weight excluding hydrogens is 711 g/mol. The molecule has 2 aromatic heterocycles.